The Bertz CT molecular complexity index is 794. The van der Waals surface area contributed by atoms with Gasteiger partial charge >= 0.3 is 5.97 Å². The lowest BCUT2D eigenvalue weighted by molar-refractivity contribution is -0.130. The van der Waals surface area contributed by atoms with Gasteiger partial charge in [0.2, 0.25) is 5.90 Å². The second-order valence-corrected chi connectivity index (χ2v) is 5.92. The number of rotatable bonds is 4. The maximum absolute atomic E-state index is 11.9. The predicted molar refractivity (Wildman–Crippen MR) is 92.3 cm³/mol. The maximum atomic E-state index is 11.9. The fourth-order valence-electron chi connectivity index (χ4n) is 2.20. The molecule has 0 aromatic heterocycles. The van der Waals surface area contributed by atoms with Crippen LogP contribution in [0.5, 0.6) is 5.75 Å². The van der Waals surface area contributed by atoms with Gasteiger partial charge in [-0.05, 0) is 41.5 Å². The largest absolute Gasteiger partial charge is 0.497 e. The molecule has 0 unspecified atom stereocenters. The van der Waals surface area contributed by atoms with Crippen LogP contribution in [0.1, 0.15) is 11.1 Å². The number of methoxy groups -OCH3 is 1. The van der Waals surface area contributed by atoms with Crippen LogP contribution in [0.2, 0.25) is 0 Å². The molecular formula is C18H14BrNO3. The van der Waals surface area contributed by atoms with E-state index in [4.69, 9.17) is 9.47 Å². The molecule has 2 aromatic rings. The zero-order chi connectivity index (χ0) is 16.2. The third-order valence-corrected chi connectivity index (χ3v) is 3.82. The minimum atomic E-state index is -0.423. The SMILES string of the molecule is COc1ccc(CC2=N/C(=C/c3cccc(Br)c3)C(=O)O2)cc1. The van der Waals surface area contributed by atoms with Crippen molar-refractivity contribution in [3.8, 4) is 5.75 Å². The molecule has 23 heavy (non-hydrogen) atoms. The van der Waals surface area contributed by atoms with E-state index < -0.39 is 5.97 Å². The highest BCUT2D eigenvalue weighted by molar-refractivity contribution is 9.10. The second-order valence-electron chi connectivity index (χ2n) is 5.00. The number of cyclic esters (lactones) is 1. The fraction of sp³-hybridized carbons (Fsp3) is 0.111. The summed E-state index contributed by atoms with van der Waals surface area (Å²) >= 11 is 3.40. The minimum Gasteiger partial charge on any atom is -0.497 e. The van der Waals surface area contributed by atoms with Crippen molar-refractivity contribution < 1.29 is 14.3 Å². The van der Waals surface area contributed by atoms with E-state index >= 15 is 0 Å². The van der Waals surface area contributed by atoms with Crippen molar-refractivity contribution in [2.45, 2.75) is 6.42 Å². The van der Waals surface area contributed by atoms with Crippen molar-refractivity contribution in [3.05, 3.63) is 69.8 Å². The van der Waals surface area contributed by atoms with Gasteiger partial charge in [0.25, 0.3) is 0 Å². The lowest BCUT2D eigenvalue weighted by atomic mass is 10.1. The summed E-state index contributed by atoms with van der Waals surface area (Å²) < 4.78 is 11.3. The summed E-state index contributed by atoms with van der Waals surface area (Å²) in [6.07, 6.45) is 2.18. The average Bonchev–Trinajstić information content (AvgIpc) is 2.87. The Morgan fingerprint density at radius 1 is 1.22 bits per heavy atom. The molecule has 5 heteroatoms. The molecule has 0 aliphatic carbocycles. The average molecular weight is 372 g/mol. The van der Waals surface area contributed by atoms with Crippen molar-refractivity contribution in [3.63, 3.8) is 0 Å². The number of benzene rings is 2. The molecule has 3 rings (SSSR count). The number of carbonyl (C=O) groups excluding carboxylic acids is 1. The Morgan fingerprint density at radius 3 is 2.70 bits per heavy atom. The first-order valence-electron chi connectivity index (χ1n) is 7.04. The van der Waals surface area contributed by atoms with Gasteiger partial charge in [-0.3, -0.25) is 0 Å². The van der Waals surface area contributed by atoms with Crippen LogP contribution in [0, 0.1) is 0 Å². The van der Waals surface area contributed by atoms with Crippen LogP contribution in [0.25, 0.3) is 6.08 Å². The normalized spacial score (nSPS) is 15.5. The number of hydrogen-bond donors (Lipinski definition) is 0. The van der Waals surface area contributed by atoms with Crippen LogP contribution in [0.15, 0.2) is 63.7 Å². The Morgan fingerprint density at radius 2 is 2.00 bits per heavy atom. The summed E-state index contributed by atoms with van der Waals surface area (Å²) in [5.41, 5.74) is 2.20. The van der Waals surface area contributed by atoms with Gasteiger partial charge < -0.3 is 9.47 Å². The molecule has 1 aliphatic rings. The number of esters is 1. The highest BCUT2D eigenvalue weighted by Crippen LogP contribution is 2.20. The lowest BCUT2D eigenvalue weighted by Gasteiger charge is -2.02. The molecule has 0 bridgehead atoms. The van der Waals surface area contributed by atoms with Crippen LogP contribution in [-0.2, 0) is 16.0 Å². The zero-order valence-corrected chi connectivity index (χ0v) is 14.0. The molecule has 0 N–H and O–H groups in total. The summed E-state index contributed by atoms with van der Waals surface area (Å²) in [7, 11) is 1.62. The smallest absolute Gasteiger partial charge is 0.363 e. The van der Waals surface area contributed by atoms with Gasteiger partial charge in [0, 0.05) is 10.9 Å². The number of ether oxygens (including phenoxy) is 2. The monoisotopic (exact) mass is 371 g/mol. The first kappa shape index (κ1) is 15.5. The van der Waals surface area contributed by atoms with Gasteiger partial charge in [0.1, 0.15) is 5.75 Å². The van der Waals surface area contributed by atoms with E-state index in [1.807, 2.05) is 48.5 Å². The third kappa shape index (κ3) is 3.87. The number of nitrogens with zero attached hydrogens (tertiary/aromatic N) is 1. The van der Waals surface area contributed by atoms with E-state index in [-0.39, 0.29) is 0 Å². The standard InChI is InChI=1S/C18H14BrNO3/c1-22-15-7-5-12(6-8-15)11-17-20-16(18(21)23-17)10-13-3-2-4-14(19)9-13/h2-10H,11H2,1H3/b16-10+. The van der Waals surface area contributed by atoms with Gasteiger partial charge in [-0.15, -0.1) is 0 Å². The molecule has 0 amide bonds. The first-order chi connectivity index (χ1) is 11.1. The predicted octanol–water partition coefficient (Wildman–Crippen LogP) is 4.00. The summed E-state index contributed by atoms with van der Waals surface area (Å²) in [6, 6.07) is 15.2. The second kappa shape index (κ2) is 6.79. The molecule has 0 radical (unpaired) electrons. The fourth-order valence-corrected chi connectivity index (χ4v) is 2.62. The maximum Gasteiger partial charge on any atom is 0.363 e. The van der Waals surface area contributed by atoms with Crippen LogP contribution < -0.4 is 4.74 Å². The third-order valence-electron chi connectivity index (χ3n) is 3.33. The number of carbonyl (C=O) groups is 1. The Hall–Kier alpha value is -2.40. The minimum absolute atomic E-state index is 0.312. The molecule has 1 heterocycles. The zero-order valence-electron chi connectivity index (χ0n) is 12.5. The highest BCUT2D eigenvalue weighted by atomic mass is 79.9. The molecular weight excluding hydrogens is 358 g/mol. The Kier molecular flexibility index (Phi) is 4.57. The van der Waals surface area contributed by atoms with Gasteiger partial charge in [0.05, 0.1) is 7.11 Å². The Labute approximate surface area is 142 Å². The molecule has 0 saturated heterocycles. The van der Waals surface area contributed by atoms with Crippen molar-refractivity contribution >= 4 is 33.9 Å². The number of hydrogen-bond acceptors (Lipinski definition) is 4. The summed E-state index contributed by atoms with van der Waals surface area (Å²) in [4.78, 5) is 16.2. The van der Waals surface area contributed by atoms with E-state index in [0.29, 0.717) is 18.0 Å². The van der Waals surface area contributed by atoms with Gasteiger partial charge in [-0.2, -0.15) is 0 Å². The molecule has 1 aliphatic heterocycles. The summed E-state index contributed by atoms with van der Waals surface area (Å²) in [6.45, 7) is 0. The van der Waals surface area contributed by atoms with Crippen molar-refractivity contribution in [1.29, 1.82) is 0 Å². The van der Waals surface area contributed by atoms with Crippen LogP contribution in [0.3, 0.4) is 0 Å². The highest BCUT2D eigenvalue weighted by Gasteiger charge is 2.22. The van der Waals surface area contributed by atoms with Gasteiger partial charge in [0.15, 0.2) is 5.70 Å². The van der Waals surface area contributed by atoms with Crippen LogP contribution in [0.4, 0.5) is 0 Å². The summed E-state index contributed by atoms with van der Waals surface area (Å²) in [5, 5.41) is 0. The van der Waals surface area contributed by atoms with Crippen molar-refractivity contribution in [2.24, 2.45) is 4.99 Å². The number of halogens is 1. The van der Waals surface area contributed by atoms with E-state index in [1.165, 1.54) is 0 Å². The number of aliphatic imine (C=N–C) groups is 1. The molecule has 2 aromatic carbocycles. The first-order valence-corrected chi connectivity index (χ1v) is 7.83. The molecule has 4 nitrogen and oxygen atoms in total. The molecule has 116 valence electrons. The van der Waals surface area contributed by atoms with E-state index in [1.54, 1.807) is 13.2 Å². The Balaban J connectivity index is 1.78. The van der Waals surface area contributed by atoms with Gasteiger partial charge in [-0.25, -0.2) is 9.79 Å². The van der Waals surface area contributed by atoms with Gasteiger partial charge in [-0.1, -0.05) is 40.2 Å². The molecule has 0 saturated carbocycles. The van der Waals surface area contributed by atoms with Crippen molar-refractivity contribution in [2.75, 3.05) is 7.11 Å². The quantitative estimate of drug-likeness (QED) is 0.602. The van der Waals surface area contributed by atoms with Crippen LogP contribution >= 0.6 is 15.9 Å². The summed E-state index contributed by atoms with van der Waals surface area (Å²) in [5.74, 6) is 0.768. The molecule has 0 atom stereocenters. The molecule has 0 fully saturated rings. The topological polar surface area (TPSA) is 47.9 Å². The van der Waals surface area contributed by atoms with Crippen molar-refractivity contribution in [1.82, 2.24) is 0 Å². The van der Waals surface area contributed by atoms with E-state index in [2.05, 4.69) is 20.9 Å². The molecule has 0 spiro atoms. The lowest BCUT2D eigenvalue weighted by Crippen LogP contribution is -2.06. The van der Waals surface area contributed by atoms with E-state index in [0.717, 1.165) is 21.3 Å². The van der Waals surface area contributed by atoms with Crippen LogP contribution in [-0.4, -0.2) is 19.0 Å². The van der Waals surface area contributed by atoms with E-state index in [9.17, 15) is 4.79 Å².